The lowest BCUT2D eigenvalue weighted by Crippen LogP contribution is -2.47. The Hall–Kier alpha value is -0.430. The molecule has 0 aliphatic heterocycles. The summed E-state index contributed by atoms with van der Waals surface area (Å²) >= 11 is 3.27. The van der Waals surface area contributed by atoms with Gasteiger partial charge >= 0.3 is 0 Å². The normalized spacial score (nSPS) is 13.1. The van der Waals surface area contributed by atoms with Gasteiger partial charge in [0.25, 0.3) is 0 Å². The van der Waals surface area contributed by atoms with Gasteiger partial charge in [-0.15, -0.1) is 0 Å². The summed E-state index contributed by atoms with van der Waals surface area (Å²) in [6, 6.07) is 5.07. The zero-order chi connectivity index (χ0) is 14.1. The van der Waals surface area contributed by atoms with Crippen LogP contribution in [0.3, 0.4) is 0 Å². The first-order valence-electron chi connectivity index (χ1n) is 5.49. The van der Waals surface area contributed by atoms with Crippen molar-refractivity contribution in [3.05, 3.63) is 28.2 Å². The van der Waals surface area contributed by atoms with Gasteiger partial charge in [0.1, 0.15) is 0 Å². The molecule has 0 aliphatic carbocycles. The summed E-state index contributed by atoms with van der Waals surface area (Å²) < 4.78 is 26.6. The van der Waals surface area contributed by atoms with E-state index in [9.17, 15) is 13.5 Å². The second-order valence-corrected chi connectivity index (χ2v) is 7.67. The molecule has 1 aromatic rings. The molecule has 0 spiro atoms. The van der Waals surface area contributed by atoms with Gasteiger partial charge in [-0.1, -0.05) is 6.07 Å². The molecule has 102 valence electrons. The summed E-state index contributed by atoms with van der Waals surface area (Å²) in [6.45, 7) is 4.99. The maximum absolute atomic E-state index is 12.5. The first kappa shape index (κ1) is 15.6. The molecule has 18 heavy (non-hydrogen) atoms. The molecule has 0 radical (unpaired) electrons. The van der Waals surface area contributed by atoms with Gasteiger partial charge in [0.15, 0.2) is 0 Å². The Kier molecular flexibility index (Phi) is 4.59. The largest absolute Gasteiger partial charge is 0.394 e. The molecule has 1 aromatic carbocycles. The van der Waals surface area contributed by atoms with E-state index < -0.39 is 15.6 Å². The van der Waals surface area contributed by atoms with Gasteiger partial charge < -0.3 is 5.11 Å². The predicted molar refractivity (Wildman–Crippen MR) is 75.0 cm³/mol. The van der Waals surface area contributed by atoms with Crippen molar-refractivity contribution >= 4 is 26.0 Å². The second kappa shape index (κ2) is 5.28. The highest BCUT2D eigenvalue weighted by atomic mass is 79.9. The van der Waals surface area contributed by atoms with Crippen LogP contribution in [0.1, 0.15) is 19.4 Å². The minimum atomic E-state index is -3.63. The highest BCUT2D eigenvalue weighted by Gasteiger charge is 2.34. The zero-order valence-corrected chi connectivity index (χ0v) is 13.3. The summed E-state index contributed by atoms with van der Waals surface area (Å²) in [5.41, 5.74) is 0.133. The number of rotatable bonds is 4. The van der Waals surface area contributed by atoms with Crippen molar-refractivity contribution in [1.29, 1.82) is 0 Å². The first-order chi connectivity index (χ1) is 8.13. The minimum absolute atomic E-state index is 0.206. The second-order valence-electron chi connectivity index (χ2n) is 4.88. The molecule has 6 heteroatoms. The van der Waals surface area contributed by atoms with Crippen LogP contribution in [0.2, 0.25) is 0 Å². The molecule has 0 fully saturated rings. The van der Waals surface area contributed by atoms with E-state index in [1.54, 1.807) is 32.0 Å². The van der Waals surface area contributed by atoms with Crippen molar-refractivity contribution in [2.24, 2.45) is 0 Å². The molecule has 0 heterocycles. The standard InChI is InChI=1S/C12H18BrNO3S/c1-9-5-6-11(10(13)7-9)18(16,17)14(4)12(2,3)8-15/h5-7,15H,8H2,1-4H3. The number of aliphatic hydroxyl groups is 1. The number of nitrogens with zero attached hydrogens (tertiary/aromatic N) is 1. The molecule has 0 saturated carbocycles. The third-order valence-electron chi connectivity index (χ3n) is 2.97. The van der Waals surface area contributed by atoms with Crippen LogP contribution in [0.25, 0.3) is 0 Å². The van der Waals surface area contributed by atoms with Crippen LogP contribution in [-0.4, -0.2) is 37.0 Å². The topological polar surface area (TPSA) is 57.6 Å². The van der Waals surface area contributed by atoms with Crippen molar-refractivity contribution in [1.82, 2.24) is 4.31 Å². The minimum Gasteiger partial charge on any atom is -0.394 e. The number of halogens is 1. The molecule has 1 rings (SSSR count). The van der Waals surface area contributed by atoms with Gasteiger partial charge in [0.2, 0.25) is 10.0 Å². The van der Waals surface area contributed by atoms with E-state index in [4.69, 9.17) is 0 Å². The predicted octanol–water partition coefficient (Wildman–Crippen LogP) is 2.15. The van der Waals surface area contributed by atoms with Crippen molar-refractivity contribution < 1.29 is 13.5 Å². The summed E-state index contributed by atoms with van der Waals surface area (Å²) in [5, 5.41) is 9.27. The van der Waals surface area contributed by atoms with Crippen LogP contribution in [0, 0.1) is 6.92 Å². The van der Waals surface area contributed by atoms with Crippen LogP contribution >= 0.6 is 15.9 Å². The molecule has 1 N–H and O–H groups in total. The smallest absolute Gasteiger partial charge is 0.244 e. The third-order valence-corrected chi connectivity index (χ3v) is 6.01. The SMILES string of the molecule is Cc1ccc(S(=O)(=O)N(C)C(C)(C)CO)c(Br)c1. The highest BCUT2D eigenvalue weighted by molar-refractivity contribution is 9.10. The van der Waals surface area contributed by atoms with E-state index >= 15 is 0 Å². The maximum Gasteiger partial charge on any atom is 0.244 e. The van der Waals surface area contributed by atoms with Gasteiger partial charge in [-0.25, -0.2) is 8.42 Å². The Bertz CT molecular complexity index is 540. The van der Waals surface area contributed by atoms with E-state index in [-0.39, 0.29) is 11.5 Å². The molecule has 0 aliphatic rings. The van der Waals surface area contributed by atoms with Crippen LogP contribution in [0.4, 0.5) is 0 Å². The summed E-state index contributed by atoms with van der Waals surface area (Å²) in [5.74, 6) is 0. The van der Waals surface area contributed by atoms with E-state index in [1.165, 1.54) is 11.4 Å². The molecular weight excluding hydrogens is 318 g/mol. The number of hydrogen-bond acceptors (Lipinski definition) is 3. The van der Waals surface area contributed by atoms with Gasteiger partial charge in [-0.2, -0.15) is 4.31 Å². The molecule has 0 bridgehead atoms. The maximum atomic E-state index is 12.5. The number of aryl methyl sites for hydroxylation is 1. The average Bonchev–Trinajstić information content (AvgIpc) is 2.27. The van der Waals surface area contributed by atoms with E-state index in [0.29, 0.717) is 4.47 Å². The number of sulfonamides is 1. The first-order valence-corrected chi connectivity index (χ1v) is 7.72. The lowest BCUT2D eigenvalue weighted by molar-refractivity contribution is 0.138. The lowest BCUT2D eigenvalue weighted by atomic mass is 10.1. The Morgan fingerprint density at radius 2 is 1.94 bits per heavy atom. The van der Waals surface area contributed by atoms with Crippen LogP contribution < -0.4 is 0 Å². The summed E-state index contributed by atoms with van der Waals surface area (Å²) in [7, 11) is -2.16. The molecule has 0 unspecified atom stereocenters. The Labute approximate surface area is 117 Å². The van der Waals surface area contributed by atoms with Crippen LogP contribution in [-0.2, 0) is 10.0 Å². The fourth-order valence-electron chi connectivity index (χ4n) is 1.39. The van der Waals surface area contributed by atoms with Gasteiger partial charge in [-0.3, -0.25) is 0 Å². The van der Waals surface area contributed by atoms with Gasteiger partial charge in [-0.05, 0) is 54.4 Å². The Morgan fingerprint density at radius 1 is 1.39 bits per heavy atom. The molecule has 0 saturated heterocycles. The van der Waals surface area contributed by atoms with Gasteiger partial charge in [0, 0.05) is 11.5 Å². The van der Waals surface area contributed by atoms with Crippen molar-refractivity contribution in [3.8, 4) is 0 Å². The van der Waals surface area contributed by atoms with Crippen molar-refractivity contribution in [2.75, 3.05) is 13.7 Å². The van der Waals surface area contributed by atoms with E-state index in [1.807, 2.05) is 6.92 Å². The third kappa shape index (κ3) is 2.93. The summed E-state index contributed by atoms with van der Waals surface area (Å²) in [4.78, 5) is 0.206. The fourth-order valence-corrected chi connectivity index (χ4v) is 4.04. The van der Waals surface area contributed by atoms with Crippen molar-refractivity contribution in [3.63, 3.8) is 0 Å². The van der Waals surface area contributed by atoms with E-state index in [0.717, 1.165) is 5.56 Å². The lowest BCUT2D eigenvalue weighted by Gasteiger charge is -2.33. The highest BCUT2D eigenvalue weighted by Crippen LogP contribution is 2.28. The molecule has 0 atom stereocenters. The number of aliphatic hydroxyl groups excluding tert-OH is 1. The summed E-state index contributed by atoms with van der Waals surface area (Å²) in [6.07, 6.45) is 0. The molecule has 4 nitrogen and oxygen atoms in total. The monoisotopic (exact) mass is 335 g/mol. The van der Waals surface area contributed by atoms with Crippen LogP contribution in [0.5, 0.6) is 0 Å². The Balaban J connectivity index is 3.30. The molecular formula is C12H18BrNO3S. The molecule has 0 aromatic heterocycles. The zero-order valence-electron chi connectivity index (χ0n) is 10.9. The fraction of sp³-hybridized carbons (Fsp3) is 0.500. The van der Waals surface area contributed by atoms with E-state index in [2.05, 4.69) is 15.9 Å². The average molecular weight is 336 g/mol. The van der Waals surface area contributed by atoms with Crippen molar-refractivity contribution in [2.45, 2.75) is 31.2 Å². The van der Waals surface area contributed by atoms with Crippen LogP contribution in [0.15, 0.2) is 27.6 Å². The number of benzene rings is 1. The molecule has 0 amide bonds. The van der Waals surface area contributed by atoms with Gasteiger partial charge in [0.05, 0.1) is 17.0 Å². The number of hydrogen-bond donors (Lipinski definition) is 1. The quantitative estimate of drug-likeness (QED) is 0.917. The Morgan fingerprint density at radius 3 is 2.39 bits per heavy atom. The number of likely N-dealkylation sites (N-methyl/N-ethyl adjacent to an activating group) is 1.